The van der Waals surface area contributed by atoms with Crippen molar-refractivity contribution in [2.45, 2.75) is 33.6 Å². The summed E-state index contributed by atoms with van der Waals surface area (Å²) in [5.41, 5.74) is 5.64. The number of nitrogens with one attached hydrogen (secondary N) is 1. The minimum Gasteiger partial charge on any atom is -0.379 e. The summed E-state index contributed by atoms with van der Waals surface area (Å²) in [6, 6.07) is 0. The van der Waals surface area contributed by atoms with Crippen LogP contribution in [0, 0.1) is 5.92 Å². The van der Waals surface area contributed by atoms with Gasteiger partial charge in [0.05, 0.1) is 6.61 Å². The molecule has 0 unspecified atom stereocenters. The van der Waals surface area contributed by atoms with Crippen molar-refractivity contribution in [1.82, 2.24) is 5.32 Å². The van der Waals surface area contributed by atoms with Crippen molar-refractivity contribution in [3.05, 3.63) is 0 Å². The molecule has 0 radical (unpaired) electrons. The maximum atomic E-state index is 5.64. The van der Waals surface area contributed by atoms with Crippen LogP contribution >= 0.6 is 0 Å². The topological polar surface area (TPSA) is 59.6 Å². The van der Waals surface area contributed by atoms with E-state index in [-0.39, 0.29) is 0 Å². The van der Waals surface area contributed by atoms with Crippen molar-refractivity contribution in [2.24, 2.45) is 16.6 Å². The molecule has 0 aliphatic rings. The van der Waals surface area contributed by atoms with Crippen LogP contribution in [0.2, 0.25) is 0 Å². The van der Waals surface area contributed by atoms with Crippen molar-refractivity contribution < 1.29 is 4.74 Å². The van der Waals surface area contributed by atoms with Gasteiger partial charge in [-0.15, -0.1) is 0 Å². The molecule has 90 valence electrons. The average Bonchev–Trinajstić information content (AvgIpc) is 2.17. The lowest BCUT2D eigenvalue weighted by atomic mass is 10.2. The summed E-state index contributed by atoms with van der Waals surface area (Å²) in [5, 5.41) is 3.02. The highest BCUT2D eigenvalue weighted by molar-refractivity contribution is 5.77. The fourth-order valence-corrected chi connectivity index (χ4v) is 0.984. The molecule has 0 rings (SSSR count). The first-order valence-corrected chi connectivity index (χ1v) is 5.78. The highest BCUT2D eigenvalue weighted by Crippen LogP contribution is 1.91. The first-order chi connectivity index (χ1) is 7.16. The first kappa shape index (κ1) is 14.2. The summed E-state index contributed by atoms with van der Waals surface area (Å²) in [6.07, 6.45) is 2.24. The van der Waals surface area contributed by atoms with E-state index < -0.39 is 0 Å². The molecule has 0 aromatic carbocycles. The molecular weight excluding hydrogens is 190 g/mol. The smallest absolute Gasteiger partial charge is 0.188 e. The molecule has 0 aliphatic heterocycles. The van der Waals surface area contributed by atoms with Gasteiger partial charge >= 0.3 is 0 Å². The van der Waals surface area contributed by atoms with E-state index in [1.54, 1.807) is 0 Å². The van der Waals surface area contributed by atoms with Gasteiger partial charge in [-0.25, -0.2) is 0 Å². The second kappa shape index (κ2) is 9.77. The Morgan fingerprint density at radius 2 is 2.20 bits per heavy atom. The van der Waals surface area contributed by atoms with Crippen LogP contribution < -0.4 is 11.1 Å². The van der Waals surface area contributed by atoms with Gasteiger partial charge in [-0.2, -0.15) is 0 Å². The molecule has 4 heteroatoms. The largest absolute Gasteiger partial charge is 0.379 e. The summed E-state index contributed by atoms with van der Waals surface area (Å²) in [7, 11) is 0. The van der Waals surface area contributed by atoms with E-state index in [0.29, 0.717) is 18.5 Å². The Hall–Kier alpha value is -0.770. The summed E-state index contributed by atoms with van der Waals surface area (Å²) < 4.78 is 5.40. The molecule has 0 atom stereocenters. The molecule has 4 nitrogen and oxygen atoms in total. The van der Waals surface area contributed by atoms with Crippen LogP contribution in [0.3, 0.4) is 0 Å². The molecule has 0 heterocycles. The van der Waals surface area contributed by atoms with Crippen LogP contribution in [0.15, 0.2) is 4.99 Å². The summed E-state index contributed by atoms with van der Waals surface area (Å²) >= 11 is 0. The fraction of sp³-hybridized carbons (Fsp3) is 0.909. The van der Waals surface area contributed by atoms with Gasteiger partial charge in [0.2, 0.25) is 0 Å². The zero-order chi connectivity index (χ0) is 11.5. The standard InChI is InChI=1S/C11H25N3O/c1-4-5-6-13-11(12)14-7-8-15-9-10(2)3/h10H,4-9H2,1-3H3,(H3,12,13,14). The number of hydrogen-bond acceptors (Lipinski definition) is 2. The molecule has 0 spiro atoms. The van der Waals surface area contributed by atoms with Crippen molar-refractivity contribution in [1.29, 1.82) is 0 Å². The fourth-order valence-electron chi connectivity index (χ4n) is 0.984. The molecule has 0 aromatic rings. The van der Waals surface area contributed by atoms with E-state index in [2.05, 4.69) is 31.1 Å². The van der Waals surface area contributed by atoms with Crippen molar-refractivity contribution in [3.8, 4) is 0 Å². The van der Waals surface area contributed by atoms with Gasteiger partial charge in [0.25, 0.3) is 0 Å². The molecule has 0 amide bonds. The zero-order valence-corrected chi connectivity index (χ0v) is 10.3. The maximum absolute atomic E-state index is 5.64. The third kappa shape index (κ3) is 11.2. The first-order valence-electron chi connectivity index (χ1n) is 5.78. The van der Waals surface area contributed by atoms with E-state index in [9.17, 15) is 0 Å². The summed E-state index contributed by atoms with van der Waals surface area (Å²) in [4.78, 5) is 4.17. The molecule has 15 heavy (non-hydrogen) atoms. The molecule has 0 saturated heterocycles. The van der Waals surface area contributed by atoms with E-state index in [0.717, 1.165) is 32.5 Å². The summed E-state index contributed by atoms with van der Waals surface area (Å²) in [5.74, 6) is 1.11. The van der Waals surface area contributed by atoms with Crippen LogP contribution in [0.5, 0.6) is 0 Å². The van der Waals surface area contributed by atoms with Crippen LogP contribution in [-0.4, -0.2) is 32.3 Å². The van der Waals surface area contributed by atoms with Gasteiger partial charge in [0, 0.05) is 19.7 Å². The molecule has 0 saturated carbocycles. The Morgan fingerprint density at radius 1 is 1.47 bits per heavy atom. The van der Waals surface area contributed by atoms with E-state index in [1.165, 1.54) is 0 Å². The second-order valence-electron chi connectivity index (χ2n) is 4.02. The molecule has 0 fully saturated rings. The van der Waals surface area contributed by atoms with Gasteiger partial charge in [0.15, 0.2) is 5.96 Å². The predicted molar refractivity (Wildman–Crippen MR) is 65.1 cm³/mol. The SMILES string of the molecule is CCCCN=C(N)NCCOCC(C)C. The molecule has 0 aliphatic carbocycles. The van der Waals surface area contributed by atoms with Crippen LogP contribution in [-0.2, 0) is 4.74 Å². The second-order valence-corrected chi connectivity index (χ2v) is 4.02. The predicted octanol–water partition coefficient (Wildman–Crippen LogP) is 1.36. The number of ether oxygens (including phenoxy) is 1. The summed E-state index contributed by atoms with van der Waals surface area (Å²) in [6.45, 7) is 9.42. The number of nitrogens with two attached hydrogens (primary N) is 1. The van der Waals surface area contributed by atoms with E-state index in [1.807, 2.05) is 0 Å². The quantitative estimate of drug-likeness (QED) is 0.365. The van der Waals surface area contributed by atoms with Crippen molar-refractivity contribution in [2.75, 3.05) is 26.3 Å². The van der Waals surface area contributed by atoms with Gasteiger partial charge in [-0.05, 0) is 12.3 Å². The number of aliphatic imine (C=N–C) groups is 1. The van der Waals surface area contributed by atoms with Crippen LogP contribution in [0.1, 0.15) is 33.6 Å². The van der Waals surface area contributed by atoms with E-state index >= 15 is 0 Å². The minimum atomic E-state index is 0.525. The lowest BCUT2D eigenvalue weighted by molar-refractivity contribution is 0.114. The van der Waals surface area contributed by atoms with E-state index in [4.69, 9.17) is 10.5 Å². The average molecular weight is 215 g/mol. The van der Waals surface area contributed by atoms with Crippen molar-refractivity contribution in [3.63, 3.8) is 0 Å². The molecular formula is C11H25N3O. The van der Waals surface area contributed by atoms with Gasteiger partial charge in [-0.1, -0.05) is 27.2 Å². The maximum Gasteiger partial charge on any atom is 0.188 e. The number of guanidine groups is 1. The highest BCUT2D eigenvalue weighted by atomic mass is 16.5. The lowest BCUT2D eigenvalue weighted by Crippen LogP contribution is -2.34. The Morgan fingerprint density at radius 3 is 2.80 bits per heavy atom. The Bertz CT molecular complexity index is 169. The van der Waals surface area contributed by atoms with Gasteiger partial charge in [-0.3, -0.25) is 4.99 Å². The third-order valence-electron chi connectivity index (χ3n) is 1.80. The molecule has 0 aromatic heterocycles. The highest BCUT2D eigenvalue weighted by Gasteiger charge is 1.94. The normalized spacial score (nSPS) is 12.1. The third-order valence-corrected chi connectivity index (χ3v) is 1.80. The Kier molecular flexibility index (Phi) is 9.27. The zero-order valence-electron chi connectivity index (χ0n) is 10.3. The molecule has 3 N–H and O–H groups in total. The number of hydrogen-bond donors (Lipinski definition) is 2. The number of nitrogens with zero attached hydrogens (tertiary/aromatic N) is 1. The van der Waals surface area contributed by atoms with Gasteiger partial charge in [0.1, 0.15) is 0 Å². The number of rotatable bonds is 8. The number of unbranched alkanes of at least 4 members (excludes halogenated alkanes) is 1. The Labute approximate surface area is 93.3 Å². The van der Waals surface area contributed by atoms with Crippen molar-refractivity contribution >= 4 is 5.96 Å². The van der Waals surface area contributed by atoms with Gasteiger partial charge < -0.3 is 15.8 Å². The van der Waals surface area contributed by atoms with Crippen LogP contribution in [0.25, 0.3) is 0 Å². The van der Waals surface area contributed by atoms with Crippen LogP contribution in [0.4, 0.5) is 0 Å². The lowest BCUT2D eigenvalue weighted by Gasteiger charge is -2.08. The molecule has 0 bridgehead atoms. The Balaban J connectivity index is 3.30. The minimum absolute atomic E-state index is 0.525. The monoisotopic (exact) mass is 215 g/mol.